The van der Waals surface area contributed by atoms with E-state index in [9.17, 15) is 0 Å². The molecule has 1 saturated carbocycles. The second kappa shape index (κ2) is 5.51. The van der Waals surface area contributed by atoms with Gasteiger partial charge in [0.25, 0.3) is 0 Å². The van der Waals surface area contributed by atoms with Gasteiger partial charge in [-0.3, -0.25) is 4.90 Å². The lowest BCUT2D eigenvalue weighted by atomic mass is 9.97. The molecule has 19 heavy (non-hydrogen) atoms. The maximum atomic E-state index is 4.64. The van der Waals surface area contributed by atoms with Crippen molar-refractivity contribution in [3.63, 3.8) is 0 Å². The molecule has 1 aromatic heterocycles. The Bertz CT molecular complexity index is 425. The van der Waals surface area contributed by atoms with E-state index in [2.05, 4.69) is 41.4 Å². The van der Waals surface area contributed by atoms with Crippen LogP contribution in [-0.2, 0) is 6.54 Å². The average Bonchev–Trinajstić information content (AvgIpc) is 3.14. The van der Waals surface area contributed by atoms with Crippen molar-refractivity contribution in [2.24, 2.45) is 11.8 Å². The molecule has 2 atom stereocenters. The van der Waals surface area contributed by atoms with Crippen molar-refractivity contribution in [1.82, 2.24) is 15.2 Å². The molecule has 0 radical (unpaired) electrons. The molecular formula is C15H25N3S. The second-order valence-corrected chi connectivity index (χ2v) is 7.51. The van der Waals surface area contributed by atoms with Crippen LogP contribution in [0.2, 0.25) is 0 Å². The Morgan fingerprint density at radius 1 is 1.47 bits per heavy atom. The van der Waals surface area contributed by atoms with E-state index in [0.717, 1.165) is 25.0 Å². The van der Waals surface area contributed by atoms with Crippen LogP contribution in [0.1, 0.15) is 37.4 Å². The lowest BCUT2D eigenvalue weighted by Crippen LogP contribution is -2.58. The average molecular weight is 279 g/mol. The molecule has 0 aromatic carbocycles. The van der Waals surface area contributed by atoms with Crippen LogP contribution in [0.15, 0.2) is 5.38 Å². The molecule has 2 fully saturated rings. The minimum absolute atomic E-state index is 0.650. The summed E-state index contributed by atoms with van der Waals surface area (Å²) in [5, 5.41) is 7.18. The Morgan fingerprint density at radius 2 is 2.26 bits per heavy atom. The standard InChI is InChI=1S/C15H25N3S/c1-10(2)15-6-16-14(12-4-5-12)8-18(15)7-13-9-19-11(3)17-13/h9-10,12,14-16H,4-8H2,1-3H3. The van der Waals surface area contributed by atoms with Gasteiger partial charge in [-0.2, -0.15) is 0 Å². The quantitative estimate of drug-likeness (QED) is 0.918. The second-order valence-electron chi connectivity index (χ2n) is 6.45. The van der Waals surface area contributed by atoms with E-state index < -0.39 is 0 Å². The predicted octanol–water partition coefficient (Wildman–Crippen LogP) is 2.66. The summed E-state index contributed by atoms with van der Waals surface area (Å²) in [6.07, 6.45) is 2.85. The summed E-state index contributed by atoms with van der Waals surface area (Å²) < 4.78 is 0. The van der Waals surface area contributed by atoms with E-state index in [4.69, 9.17) is 0 Å². The third kappa shape index (κ3) is 3.18. The van der Waals surface area contributed by atoms with Gasteiger partial charge in [-0.05, 0) is 31.6 Å². The van der Waals surface area contributed by atoms with Gasteiger partial charge in [0.05, 0.1) is 10.7 Å². The number of hydrogen-bond acceptors (Lipinski definition) is 4. The summed E-state index contributed by atoms with van der Waals surface area (Å²) in [7, 11) is 0. The van der Waals surface area contributed by atoms with Crippen LogP contribution < -0.4 is 5.32 Å². The fourth-order valence-electron chi connectivity index (χ4n) is 3.20. The predicted molar refractivity (Wildman–Crippen MR) is 80.4 cm³/mol. The summed E-state index contributed by atoms with van der Waals surface area (Å²) in [4.78, 5) is 7.31. The summed E-state index contributed by atoms with van der Waals surface area (Å²) >= 11 is 1.77. The summed E-state index contributed by atoms with van der Waals surface area (Å²) in [5.74, 6) is 1.64. The highest BCUT2D eigenvalue weighted by Crippen LogP contribution is 2.35. The van der Waals surface area contributed by atoms with Crippen molar-refractivity contribution >= 4 is 11.3 Å². The van der Waals surface area contributed by atoms with Gasteiger partial charge in [0, 0.05) is 37.1 Å². The Labute approximate surface area is 120 Å². The van der Waals surface area contributed by atoms with Crippen LogP contribution in [0.5, 0.6) is 0 Å². The monoisotopic (exact) mass is 279 g/mol. The third-order valence-corrected chi connectivity index (χ3v) is 5.30. The Hall–Kier alpha value is -0.450. The van der Waals surface area contributed by atoms with Crippen LogP contribution in [-0.4, -0.2) is 35.1 Å². The molecule has 4 heteroatoms. The lowest BCUT2D eigenvalue weighted by molar-refractivity contribution is 0.0842. The van der Waals surface area contributed by atoms with Gasteiger partial charge >= 0.3 is 0 Å². The lowest BCUT2D eigenvalue weighted by Gasteiger charge is -2.42. The number of nitrogens with zero attached hydrogens (tertiary/aromatic N) is 2. The number of thiazole rings is 1. The van der Waals surface area contributed by atoms with Crippen molar-refractivity contribution < 1.29 is 0 Å². The zero-order valence-electron chi connectivity index (χ0n) is 12.2. The molecule has 2 heterocycles. The van der Waals surface area contributed by atoms with Crippen LogP contribution in [0.25, 0.3) is 0 Å². The zero-order chi connectivity index (χ0) is 13.4. The van der Waals surface area contributed by atoms with Gasteiger partial charge in [0.15, 0.2) is 0 Å². The van der Waals surface area contributed by atoms with Crippen LogP contribution in [0, 0.1) is 18.8 Å². The van der Waals surface area contributed by atoms with Gasteiger partial charge in [-0.15, -0.1) is 11.3 Å². The molecule has 2 aliphatic rings. The smallest absolute Gasteiger partial charge is 0.0897 e. The van der Waals surface area contributed by atoms with E-state index in [-0.39, 0.29) is 0 Å². The molecule has 0 spiro atoms. The van der Waals surface area contributed by atoms with Crippen molar-refractivity contribution in [2.75, 3.05) is 13.1 Å². The van der Waals surface area contributed by atoms with Crippen LogP contribution in [0.3, 0.4) is 0 Å². The van der Waals surface area contributed by atoms with Crippen LogP contribution in [0.4, 0.5) is 0 Å². The van der Waals surface area contributed by atoms with E-state index in [1.807, 2.05) is 0 Å². The molecular weight excluding hydrogens is 254 g/mol. The summed E-state index contributed by atoms with van der Waals surface area (Å²) in [5.41, 5.74) is 1.25. The highest BCUT2D eigenvalue weighted by molar-refractivity contribution is 7.09. The van der Waals surface area contributed by atoms with E-state index in [0.29, 0.717) is 12.0 Å². The topological polar surface area (TPSA) is 28.2 Å². The molecule has 106 valence electrons. The van der Waals surface area contributed by atoms with E-state index in [1.54, 1.807) is 11.3 Å². The van der Waals surface area contributed by atoms with Gasteiger partial charge in [-0.1, -0.05) is 13.8 Å². The molecule has 1 aromatic rings. The van der Waals surface area contributed by atoms with Crippen molar-refractivity contribution in [3.05, 3.63) is 16.1 Å². The molecule has 1 saturated heterocycles. The van der Waals surface area contributed by atoms with Gasteiger partial charge < -0.3 is 5.32 Å². The molecule has 1 aliphatic carbocycles. The van der Waals surface area contributed by atoms with Crippen molar-refractivity contribution in [3.8, 4) is 0 Å². The molecule has 0 bridgehead atoms. The number of rotatable bonds is 4. The van der Waals surface area contributed by atoms with E-state index >= 15 is 0 Å². The largest absolute Gasteiger partial charge is 0.311 e. The van der Waals surface area contributed by atoms with E-state index in [1.165, 1.54) is 30.1 Å². The highest BCUT2D eigenvalue weighted by atomic mass is 32.1. The number of hydrogen-bond donors (Lipinski definition) is 1. The molecule has 0 amide bonds. The molecule has 1 aliphatic heterocycles. The Kier molecular flexibility index (Phi) is 3.92. The van der Waals surface area contributed by atoms with Crippen molar-refractivity contribution in [2.45, 2.75) is 52.2 Å². The summed E-state index contributed by atoms with van der Waals surface area (Å²) in [6, 6.07) is 1.37. The first kappa shape index (κ1) is 13.5. The van der Waals surface area contributed by atoms with Crippen molar-refractivity contribution in [1.29, 1.82) is 0 Å². The fourth-order valence-corrected chi connectivity index (χ4v) is 3.80. The first-order valence-corrected chi connectivity index (χ1v) is 8.40. The maximum Gasteiger partial charge on any atom is 0.0897 e. The summed E-state index contributed by atoms with van der Waals surface area (Å²) in [6.45, 7) is 10.1. The number of piperazine rings is 1. The molecule has 3 rings (SSSR count). The molecule has 2 unspecified atom stereocenters. The first-order chi connectivity index (χ1) is 9.13. The number of aromatic nitrogens is 1. The SMILES string of the molecule is Cc1nc(CN2CC(C3CC3)NCC2C(C)C)cs1. The van der Waals surface area contributed by atoms with Crippen LogP contribution >= 0.6 is 11.3 Å². The molecule has 3 nitrogen and oxygen atoms in total. The van der Waals surface area contributed by atoms with Gasteiger partial charge in [-0.25, -0.2) is 4.98 Å². The van der Waals surface area contributed by atoms with Gasteiger partial charge in [0.1, 0.15) is 0 Å². The normalized spacial score (nSPS) is 29.1. The Balaban J connectivity index is 1.69. The number of aryl methyl sites for hydroxylation is 1. The minimum atomic E-state index is 0.650. The van der Waals surface area contributed by atoms with Gasteiger partial charge in [0.2, 0.25) is 0 Å². The third-order valence-electron chi connectivity index (χ3n) is 4.48. The highest BCUT2D eigenvalue weighted by Gasteiger charge is 2.37. The maximum absolute atomic E-state index is 4.64. The Morgan fingerprint density at radius 3 is 2.84 bits per heavy atom. The fraction of sp³-hybridized carbons (Fsp3) is 0.800. The first-order valence-electron chi connectivity index (χ1n) is 7.52. The minimum Gasteiger partial charge on any atom is -0.311 e. The number of nitrogens with one attached hydrogen (secondary N) is 1. The zero-order valence-corrected chi connectivity index (χ0v) is 13.0. The molecule has 1 N–H and O–H groups in total.